The minimum absolute atomic E-state index is 0.232. The summed E-state index contributed by atoms with van der Waals surface area (Å²) in [6, 6.07) is 18.8. The smallest absolute Gasteiger partial charge is 0.189 e. The lowest BCUT2D eigenvalue weighted by molar-refractivity contribution is -0.175. The van der Waals surface area contributed by atoms with Crippen LogP contribution >= 0.6 is 0 Å². The molecular weight excluding hydrogens is 288 g/mol. The van der Waals surface area contributed by atoms with Crippen LogP contribution in [0.2, 0.25) is 0 Å². The van der Waals surface area contributed by atoms with E-state index < -0.39 is 5.79 Å². The molecule has 2 N–H and O–H groups in total. The molecule has 0 amide bonds. The molecule has 0 spiro atoms. The Balaban J connectivity index is 1.66. The van der Waals surface area contributed by atoms with Crippen LogP contribution in [0.25, 0.3) is 0 Å². The summed E-state index contributed by atoms with van der Waals surface area (Å²) in [6.07, 6.45) is 3.35. The van der Waals surface area contributed by atoms with Crippen LogP contribution in [-0.4, -0.2) is 16.0 Å². The number of rotatable bonds is 9. The van der Waals surface area contributed by atoms with Crippen molar-refractivity contribution in [1.82, 2.24) is 0 Å². The van der Waals surface area contributed by atoms with Crippen LogP contribution in [0.3, 0.4) is 0 Å². The first-order valence-corrected chi connectivity index (χ1v) is 8.14. The van der Waals surface area contributed by atoms with Crippen LogP contribution in [0.5, 0.6) is 0 Å². The second-order valence-electron chi connectivity index (χ2n) is 5.91. The van der Waals surface area contributed by atoms with Crippen molar-refractivity contribution < 1.29 is 15.0 Å². The Morgan fingerprint density at radius 1 is 0.826 bits per heavy atom. The minimum atomic E-state index is -1.81. The van der Waals surface area contributed by atoms with Crippen molar-refractivity contribution in [3.8, 4) is 0 Å². The number of aliphatic hydroxyl groups is 2. The lowest BCUT2D eigenvalue weighted by Crippen LogP contribution is -2.24. The predicted octanol–water partition coefficient (Wildman–Crippen LogP) is 3.59. The Labute approximate surface area is 137 Å². The number of benzene rings is 2. The number of carbonyl (C=O) groups is 1. The summed E-state index contributed by atoms with van der Waals surface area (Å²) < 4.78 is 0. The van der Waals surface area contributed by atoms with E-state index in [-0.39, 0.29) is 12.2 Å². The average molecular weight is 312 g/mol. The highest BCUT2D eigenvalue weighted by Gasteiger charge is 2.24. The van der Waals surface area contributed by atoms with Crippen molar-refractivity contribution in [1.29, 1.82) is 0 Å². The quantitative estimate of drug-likeness (QED) is 0.549. The monoisotopic (exact) mass is 312 g/mol. The summed E-state index contributed by atoms with van der Waals surface area (Å²) in [7, 11) is 0. The maximum atomic E-state index is 11.9. The zero-order valence-corrected chi connectivity index (χ0v) is 13.3. The largest absolute Gasteiger partial charge is 0.362 e. The van der Waals surface area contributed by atoms with Crippen molar-refractivity contribution in [3.63, 3.8) is 0 Å². The van der Waals surface area contributed by atoms with Crippen molar-refractivity contribution in [3.05, 3.63) is 71.8 Å². The van der Waals surface area contributed by atoms with Crippen molar-refractivity contribution in [2.24, 2.45) is 0 Å². The van der Waals surface area contributed by atoms with Crippen LogP contribution in [-0.2, 0) is 17.0 Å². The first-order chi connectivity index (χ1) is 11.1. The fraction of sp³-hybridized carbons (Fsp3) is 0.350. The topological polar surface area (TPSA) is 57.5 Å². The molecule has 0 unspecified atom stereocenters. The van der Waals surface area contributed by atoms with Crippen molar-refractivity contribution >= 4 is 5.78 Å². The van der Waals surface area contributed by atoms with E-state index in [4.69, 9.17) is 0 Å². The Kier molecular flexibility index (Phi) is 6.51. The molecule has 3 heteroatoms. The Hall–Kier alpha value is -1.97. The fourth-order valence-electron chi connectivity index (χ4n) is 2.60. The van der Waals surface area contributed by atoms with Gasteiger partial charge in [0, 0.05) is 24.8 Å². The number of carbonyl (C=O) groups excluding carboxylic acids is 1. The van der Waals surface area contributed by atoms with Gasteiger partial charge in [-0.1, -0.05) is 60.7 Å². The predicted molar refractivity (Wildman–Crippen MR) is 90.8 cm³/mol. The number of hydrogen-bond donors (Lipinski definition) is 2. The number of unbranched alkanes of at least 4 members (excludes halogenated alkanes) is 1. The van der Waals surface area contributed by atoms with Gasteiger partial charge in [-0.2, -0.15) is 0 Å². The van der Waals surface area contributed by atoms with Crippen LogP contribution in [0, 0.1) is 0 Å². The first-order valence-electron chi connectivity index (χ1n) is 8.14. The molecule has 0 atom stereocenters. The number of ketones is 1. The second-order valence-corrected chi connectivity index (χ2v) is 5.91. The molecule has 0 fully saturated rings. The van der Waals surface area contributed by atoms with Crippen LogP contribution in [0.4, 0.5) is 0 Å². The maximum absolute atomic E-state index is 11.9. The summed E-state index contributed by atoms with van der Waals surface area (Å²) in [6.45, 7) is 0. The Morgan fingerprint density at radius 2 is 1.43 bits per heavy atom. The normalized spacial score (nSPS) is 11.4. The first kappa shape index (κ1) is 17.4. The second kappa shape index (κ2) is 8.61. The van der Waals surface area contributed by atoms with Gasteiger partial charge < -0.3 is 10.2 Å². The molecule has 0 aliphatic heterocycles. The number of Topliss-reactive ketones (excluding diaryl/α,β-unsaturated/α-hetero) is 1. The highest BCUT2D eigenvalue weighted by atomic mass is 16.5. The van der Waals surface area contributed by atoms with E-state index >= 15 is 0 Å². The van der Waals surface area contributed by atoms with E-state index in [1.54, 1.807) is 24.3 Å². The summed E-state index contributed by atoms with van der Waals surface area (Å²) in [5, 5.41) is 20.1. The molecule has 0 radical (unpaired) electrons. The fourth-order valence-corrected chi connectivity index (χ4v) is 2.60. The summed E-state index contributed by atoms with van der Waals surface area (Å²) in [4.78, 5) is 11.9. The Morgan fingerprint density at radius 3 is 2.09 bits per heavy atom. The third kappa shape index (κ3) is 5.97. The molecule has 0 heterocycles. The van der Waals surface area contributed by atoms with Gasteiger partial charge in [0.05, 0.1) is 0 Å². The van der Waals surface area contributed by atoms with Crippen LogP contribution < -0.4 is 0 Å². The lowest BCUT2D eigenvalue weighted by Gasteiger charge is -2.22. The molecule has 0 bridgehead atoms. The van der Waals surface area contributed by atoms with Gasteiger partial charge in [-0.15, -0.1) is 0 Å². The molecule has 2 aromatic rings. The molecule has 0 saturated carbocycles. The zero-order chi connectivity index (χ0) is 16.5. The SMILES string of the molecule is O=C(CCCCC(O)(O)c1ccccc1)CCc1ccccc1. The average Bonchev–Trinajstić information content (AvgIpc) is 2.59. The van der Waals surface area contributed by atoms with Gasteiger partial charge in [0.1, 0.15) is 5.78 Å². The highest BCUT2D eigenvalue weighted by molar-refractivity contribution is 5.78. The van der Waals surface area contributed by atoms with Gasteiger partial charge in [-0.25, -0.2) is 0 Å². The van der Waals surface area contributed by atoms with Gasteiger partial charge in [0.15, 0.2) is 5.79 Å². The van der Waals surface area contributed by atoms with Crippen LogP contribution in [0.1, 0.15) is 43.2 Å². The highest BCUT2D eigenvalue weighted by Crippen LogP contribution is 2.24. The van der Waals surface area contributed by atoms with E-state index in [1.165, 1.54) is 5.56 Å². The summed E-state index contributed by atoms with van der Waals surface area (Å²) in [5.41, 5.74) is 1.67. The number of hydrogen-bond acceptors (Lipinski definition) is 3. The molecule has 122 valence electrons. The van der Waals surface area contributed by atoms with E-state index in [0.717, 1.165) is 6.42 Å². The molecule has 2 rings (SSSR count). The molecular formula is C20H24O3. The molecule has 2 aromatic carbocycles. The van der Waals surface area contributed by atoms with Gasteiger partial charge in [0.25, 0.3) is 0 Å². The van der Waals surface area contributed by atoms with Gasteiger partial charge in [-0.3, -0.25) is 4.79 Å². The molecule has 23 heavy (non-hydrogen) atoms. The summed E-state index contributed by atoms with van der Waals surface area (Å²) in [5.74, 6) is -1.58. The standard InChI is InChI=1S/C20H24O3/c21-19(15-14-17-9-3-1-4-10-17)13-7-8-16-20(22,23)18-11-5-2-6-12-18/h1-6,9-12,22-23H,7-8,13-16H2. The van der Waals surface area contributed by atoms with Gasteiger partial charge in [-0.05, 0) is 24.8 Å². The molecule has 0 aliphatic rings. The Bertz CT molecular complexity index is 591. The van der Waals surface area contributed by atoms with Crippen LogP contribution in [0.15, 0.2) is 60.7 Å². The van der Waals surface area contributed by atoms with Crippen molar-refractivity contribution in [2.75, 3.05) is 0 Å². The third-order valence-corrected chi connectivity index (χ3v) is 4.00. The van der Waals surface area contributed by atoms with E-state index in [0.29, 0.717) is 31.2 Å². The molecule has 0 aliphatic carbocycles. The maximum Gasteiger partial charge on any atom is 0.189 e. The third-order valence-electron chi connectivity index (χ3n) is 4.00. The molecule has 0 aromatic heterocycles. The summed E-state index contributed by atoms with van der Waals surface area (Å²) >= 11 is 0. The minimum Gasteiger partial charge on any atom is -0.362 e. The van der Waals surface area contributed by atoms with Crippen molar-refractivity contribution in [2.45, 2.75) is 44.3 Å². The molecule has 3 nitrogen and oxygen atoms in total. The molecule has 0 saturated heterocycles. The number of aryl methyl sites for hydroxylation is 1. The van der Waals surface area contributed by atoms with E-state index in [2.05, 4.69) is 0 Å². The zero-order valence-electron chi connectivity index (χ0n) is 13.3. The van der Waals surface area contributed by atoms with Gasteiger partial charge >= 0.3 is 0 Å². The van der Waals surface area contributed by atoms with Gasteiger partial charge in [0.2, 0.25) is 0 Å². The van der Waals surface area contributed by atoms with E-state index in [9.17, 15) is 15.0 Å². The lowest BCUT2D eigenvalue weighted by atomic mass is 9.98. The van der Waals surface area contributed by atoms with E-state index in [1.807, 2.05) is 36.4 Å².